The summed E-state index contributed by atoms with van der Waals surface area (Å²) in [5.74, 6) is 0.547. The van der Waals surface area contributed by atoms with E-state index in [1.165, 1.54) is 21.7 Å². The molecule has 0 saturated heterocycles. The number of benzene rings is 3. The van der Waals surface area contributed by atoms with Gasteiger partial charge in [-0.3, -0.25) is 4.79 Å². The van der Waals surface area contributed by atoms with Gasteiger partial charge < -0.3 is 5.11 Å². The summed E-state index contributed by atoms with van der Waals surface area (Å²) in [6, 6.07) is 21.7. The maximum absolute atomic E-state index is 11.7. The van der Waals surface area contributed by atoms with Crippen LogP contribution in [0.3, 0.4) is 0 Å². The van der Waals surface area contributed by atoms with Gasteiger partial charge >= 0.3 is 238 Å². The molecule has 7 heteroatoms. The minimum absolute atomic E-state index is 0. The Morgan fingerprint density at radius 2 is 1.46 bits per heavy atom. The van der Waals surface area contributed by atoms with Crippen molar-refractivity contribution in [3.8, 4) is 11.3 Å². The molecule has 54 heavy (non-hydrogen) atoms. The zero-order chi connectivity index (χ0) is 40.1. The monoisotopic (exact) mass is 989 g/mol. The number of fused-ring (bicyclic) bond motifs is 4. The van der Waals surface area contributed by atoms with E-state index in [1.807, 2.05) is 27.7 Å². The number of aliphatic hydroxyl groups excluding tert-OH is 1. The summed E-state index contributed by atoms with van der Waals surface area (Å²) in [5, 5.41) is 13.4. The summed E-state index contributed by atoms with van der Waals surface area (Å²) in [6.07, 6.45) is 6.00. The van der Waals surface area contributed by atoms with E-state index in [9.17, 15) is 9.90 Å². The van der Waals surface area contributed by atoms with Crippen LogP contribution < -0.4 is 4.40 Å². The minimum Gasteiger partial charge on any atom is 0 e. The number of hydrogen-bond acceptors (Lipinski definition) is 5. The molecule has 0 saturated carbocycles. The molecule has 2 heterocycles. The van der Waals surface area contributed by atoms with Gasteiger partial charge in [0, 0.05) is 38.0 Å². The average Bonchev–Trinajstić information content (AvgIpc) is 3.45. The number of carbonyl (C=O) groups is 1. The average molecular weight is 988 g/mol. The smallest absolute Gasteiger partial charge is 0 e. The fourth-order valence-corrected chi connectivity index (χ4v) is 24.7. The van der Waals surface area contributed by atoms with E-state index in [0.29, 0.717) is 14.3 Å². The molecule has 4 nitrogen and oxygen atoms in total. The van der Waals surface area contributed by atoms with Crippen LogP contribution >= 0.6 is 11.3 Å². The fraction of sp³-hybridized carbons (Fsp3) is 0.511. The van der Waals surface area contributed by atoms with Gasteiger partial charge in [0.05, 0.1) is 5.76 Å². The van der Waals surface area contributed by atoms with Crippen LogP contribution in [-0.4, -0.2) is 34.1 Å². The summed E-state index contributed by atoms with van der Waals surface area (Å²) >= 11 is -0.911. The van der Waals surface area contributed by atoms with Crippen LogP contribution in [0.1, 0.15) is 123 Å². The fourth-order valence-electron chi connectivity index (χ4n) is 8.91. The summed E-state index contributed by atoms with van der Waals surface area (Å²) in [4.78, 5) is 21.1. The number of aliphatic hydroxyl groups is 1. The number of carbonyl (C=O) groups excluding carboxylic acids is 1. The molecule has 5 aromatic rings. The summed E-state index contributed by atoms with van der Waals surface area (Å²) in [6.45, 7) is 29.6. The molecular formula is C47H65GeIrN2O2S-. The number of ketones is 1. The molecule has 3 aromatic carbocycles. The van der Waals surface area contributed by atoms with E-state index >= 15 is 0 Å². The molecule has 1 radical (unpaired) electrons. The van der Waals surface area contributed by atoms with E-state index in [-0.39, 0.29) is 55.2 Å². The maximum atomic E-state index is 11.7. The van der Waals surface area contributed by atoms with Gasteiger partial charge in [0.1, 0.15) is 0 Å². The molecule has 0 aliphatic heterocycles. The Morgan fingerprint density at radius 3 is 2.02 bits per heavy atom. The van der Waals surface area contributed by atoms with Crippen molar-refractivity contribution < 1.29 is 31.4 Å². The van der Waals surface area contributed by atoms with Gasteiger partial charge in [0.15, 0.2) is 5.78 Å². The van der Waals surface area contributed by atoms with Crippen molar-refractivity contribution >= 4 is 65.9 Å². The predicted octanol–water partition coefficient (Wildman–Crippen LogP) is 13.8. The second-order valence-corrected chi connectivity index (χ2v) is 30.4. The summed E-state index contributed by atoms with van der Waals surface area (Å²) < 4.78 is 14.3. The third-order valence-electron chi connectivity index (χ3n) is 11.4. The molecule has 295 valence electrons. The van der Waals surface area contributed by atoms with E-state index in [4.69, 9.17) is 6.35 Å². The minimum atomic E-state index is -2.67. The molecule has 0 spiro atoms. The predicted molar refractivity (Wildman–Crippen MR) is 234 cm³/mol. The molecule has 0 fully saturated rings. The van der Waals surface area contributed by atoms with Gasteiger partial charge in [0.25, 0.3) is 0 Å². The molecule has 0 unspecified atom stereocenters. The SMILES string of the molecule is CCC(CC)C(=O)/C=C(\O)C(CC)CC.[2H]c1nc(-c2[c-]c3ccccc3[c]([Ge]([CH](C)C)([CH](C)C)[CH](C)C)c2)c2sc3cc(CC(C)(C)C)ccc3c2n1.[Ir]. The van der Waals surface area contributed by atoms with Crippen molar-refractivity contribution in [2.75, 3.05) is 0 Å². The summed E-state index contributed by atoms with van der Waals surface area (Å²) in [7, 11) is 0. The molecule has 2 aromatic heterocycles. The Labute approximate surface area is 348 Å². The van der Waals surface area contributed by atoms with Crippen LogP contribution in [0.2, 0.25) is 14.3 Å². The molecule has 0 amide bonds. The first-order valence-corrected chi connectivity index (χ1v) is 25.5. The van der Waals surface area contributed by atoms with Gasteiger partial charge in [-0.2, -0.15) is 0 Å². The first kappa shape index (κ1) is 44.3. The van der Waals surface area contributed by atoms with Crippen LogP contribution in [0.25, 0.3) is 42.3 Å². The molecular weight excluding hydrogens is 921 g/mol. The van der Waals surface area contributed by atoms with E-state index < -0.39 is 13.3 Å². The Morgan fingerprint density at radius 1 is 0.870 bits per heavy atom. The Balaban J connectivity index is 0.000000433. The van der Waals surface area contributed by atoms with Crippen LogP contribution in [0.15, 0.2) is 66.7 Å². The standard InChI is InChI=1S/C34H41GeN2S.C13H24O2.Ir/c1-21(2)35(22(3)4,23(5)6)29-18-26(17-25-12-10-11-13-27(25)29)31-33-32(37-20-36-31)28-15-14-24(16-30(28)38-33)19-34(7,8)9;1-5-10(6-2)12(14)9-13(15)11(7-3)8-4;/h10-16,18,20-23H,19H2,1-9H3;9-11,14H,5-8H2,1-4H3;/q-1;;/b;12-9-;/i20D;;. The van der Waals surface area contributed by atoms with Gasteiger partial charge in [-0.15, -0.1) is 0 Å². The molecule has 1 N–H and O–H groups in total. The van der Waals surface area contributed by atoms with Crippen LogP contribution in [0, 0.1) is 23.3 Å². The first-order chi connectivity index (χ1) is 25.4. The molecule has 0 atom stereocenters. The van der Waals surface area contributed by atoms with Gasteiger partial charge in [-0.1, -0.05) is 27.7 Å². The number of aromatic nitrogens is 2. The second-order valence-electron chi connectivity index (χ2n) is 17.1. The maximum Gasteiger partial charge on any atom is 0 e. The normalized spacial score (nSPS) is 13.0. The Hall–Kier alpha value is -2.38. The van der Waals surface area contributed by atoms with Gasteiger partial charge in [-0.25, -0.2) is 0 Å². The van der Waals surface area contributed by atoms with Gasteiger partial charge in [-0.05, 0) is 25.7 Å². The number of hydrogen-bond donors (Lipinski definition) is 1. The van der Waals surface area contributed by atoms with E-state index in [0.717, 1.165) is 64.4 Å². The summed E-state index contributed by atoms with van der Waals surface area (Å²) in [5.41, 5.74) is 4.30. The zero-order valence-corrected chi connectivity index (χ0v) is 40.4. The van der Waals surface area contributed by atoms with Crippen molar-refractivity contribution in [1.82, 2.24) is 9.97 Å². The topological polar surface area (TPSA) is 63.1 Å². The number of allylic oxidation sites excluding steroid dienone is 2. The van der Waals surface area contributed by atoms with Gasteiger partial charge in [0.2, 0.25) is 0 Å². The Bertz CT molecular complexity index is 2070. The van der Waals surface area contributed by atoms with Crippen LogP contribution in [0.4, 0.5) is 0 Å². The van der Waals surface area contributed by atoms with Crippen molar-refractivity contribution in [3.63, 3.8) is 0 Å². The van der Waals surface area contributed by atoms with Crippen molar-refractivity contribution in [2.24, 2.45) is 17.3 Å². The largest absolute Gasteiger partial charge is 0 e. The molecule has 5 rings (SSSR count). The van der Waals surface area contributed by atoms with Crippen molar-refractivity contribution in [2.45, 2.75) is 136 Å². The molecule has 0 aliphatic carbocycles. The number of thiophene rings is 1. The third kappa shape index (κ3) is 9.94. The zero-order valence-electron chi connectivity index (χ0n) is 36.1. The molecule has 0 bridgehead atoms. The van der Waals surface area contributed by atoms with E-state index in [2.05, 4.69) is 122 Å². The Kier molecular flexibility index (Phi) is 16.1. The van der Waals surface area contributed by atoms with Crippen LogP contribution in [0.5, 0.6) is 0 Å². The van der Waals surface area contributed by atoms with Crippen molar-refractivity contribution in [3.05, 3.63) is 78.3 Å². The van der Waals surface area contributed by atoms with E-state index in [1.54, 1.807) is 15.7 Å². The molecule has 0 aliphatic rings. The quantitative estimate of drug-likeness (QED) is 0.0553. The number of nitrogens with zero attached hydrogens (tertiary/aromatic N) is 2. The van der Waals surface area contributed by atoms with Crippen molar-refractivity contribution in [1.29, 1.82) is 0 Å². The first-order valence-electron chi connectivity index (χ1n) is 20.5. The second kappa shape index (κ2) is 19.7. The third-order valence-corrected chi connectivity index (χ3v) is 27.4. The van der Waals surface area contributed by atoms with Crippen LogP contribution in [-0.2, 0) is 31.3 Å². The number of rotatable bonds is 13.